The Morgan fingerprint density at radius 3 is 2.60 bits per heavy atom. The molecule has 0 atom stereocenters. The van der Waals surface area contributed by atoms with Crippen molar-refractivity contribution < 1.29 is 13.2 Å². The Bertz CT molecular complexity index is 889. The van der Waals surface area contributed by atoms with Gasteiger partial charge in [0.25, 0.3) is 5.91 Å². The summed E-state index contributed by atoms with van der Waals surface area (Å²) in [5, 5.41) is 2.90. The van der Waals surface area contributed by atoms with E-state index in [1.807, 2.05) is 32.0 Å². The van der Waals surface area contributed by atoms with Crippen molar-refractivity contribution in [1.82, 2.24) is 4.72 Å². The van der Waals surface area contributed by atoms with Gasteiger partial charge in [0.15, 0.2) is 0 Å². The highest BCUT2D eigenvalue weighted by molar-refractivity contribution is 7.89. The van der Waals surface area contributed by atoms with Gasteiger partial charge in [-0.2, -0.15) is 0 Å². The molecule has 132 valence electrons. The third-order valence-electron chi connectivity index (χ3n) is 3.80. The number of amides is 1. The number of anilines is 1. The van der Waals surface area contributed by atoms with Crippen LogP contribution in [0.5, 0.6) is 0 Å². The van der Waals surface area contributed by atoms with Crippen LogP contribution in [0.3, 0.4) is 0 Å². The van der Waals surface area contributed by atoms with Crippen molar-refractivity contribution in [2.24, 2.45) is 0 Å². The van der Waals surface area contributed by atoms with Crippen LogP contribution in [0.2, 0.25) is 0 Å². The van der Waals surface area contributed by atoms with Crippen molar-refractivity contribution in [3.05, 3.63) is 71.8 Å². The van der Waals surface area contributed by atoms with E-state index in [-0.39, 0.29) is 22.9 Å². The summed E-state index contributed by atoms with van der Waals surface area (Å²) in [6.45, 7) is 7.55. The Labute approximate surface area is 148 Å². The van der Waals surface area contributed by atoms with Crippen LogP contribution in [-0.2, 0) is 16.4 Å². The molecule has 0 spiro atoms. The molecule has 1 amide bonds. The normalized spacial score (nSPS) is 11.1. The summed E-state index contributed by atoms with van der Waals surface area (Å²) in [4.78, 5) is 12.6. The van der Waals surface area contributed by atoms with Crippen molar-refractivity contribution in [2.45, 2.75) is 25.2 Å². The average molecular weight is 358 g/mol. The Hall–Kier alpha value is -2.44. The van der Waals surface area contributed by atoms with Gasteiger partial charge in [0.2, 0.25) is 10.0 Å². The first kappa shape index (κ1) is 18.9. The molecule has 0 saturated carbocycles. The number of sulfonamides is 1. The Balaban J connectivity index is 2.30. The standard InChI is InChI=1S/C19H22N2O3S/c1-4-12-20-25(23,24)17-11-7-10-16(13-17)19(22)21-18-14(3)8-6-9-15(18)5-2/h4,6-11,13,20H,1,5,12H2,2-3H3,(H,21,22). The van der Waals surface area contributed by atoms with E-state index in [2.05, 4.69) is 16.6 Å². The van der Waals surface area contributed by atoms with Crippen molar-refractivity contribution in [2.75, 3.05) is 11.9 Å². The van der Waals surface area contributed by atoms with Gasteiger partial charge in [0, 0.05) is 17.8 Å². The smallest absolute Gasteiger partial charge is 0.255 e. The highest BCUT2D eigenvalue weighted by Gasteiger charge is 2.16. The summed E-state index contributed by atoms with van der Waals surface area (Å²) in [5.74, 6) is -0.343. The van der Waals surface area contributed by atoms with Crippen LogP contribution < -0.4 is 10.0 Å². The zero-order valence-corrected chi connectivity index (χ0v) is 15.2. The van der Waals surface area contributed by atoms with E-state index in [0.717, 1.165) is 23.2 Å². The lowest BCUT2D eigenvalue weighted by atomic mass is 10.1. The van der Waals surface area contributed by atoms with Crippen molar-refractivity contribution in [3.63, 3.8) is 0 Å². The van der Waals surface area contributed by atoms with E-state index in [0.29, 0.717) is 0 Å². The molecule has 0 aliphatic carbocycles. The van der Waals surface area contributed by atoms with E-state index >= 15 is 0 Å². The van der Waals surface area contributed by atoms with Crippen LogP contribution in [0.15, 0.2) is 60.0 Å². The lowest BCUT2D eigenvalue weighted by molar-refractivity contribution is 0.102. The minimum absolute atomic E-state index is 0.0440. The van der Waals surface area contributed by atoms with Gasteiger partial charge in [-0.15, -0.1) is 6.58 Å². The summed E-state index contributed by atoms with van der Waals surface area (Å²) in [6.07, 6.45) is 2.25. The fourth-order valence-electron chi connectivity index (χ4n) is 2.44. The van der Waals surface area contributed by atoms with Crippen LogP contribution in [0.1, 0.15) is 28.4 Å². The van der Waals surface area contributed by atoms with E-state index in [1.54, 1.807) is 12.1 Å². The van der Waals surface area contributed by atoms with E-state index < -0.39 is 10.0 Å². The van der Waals surface area contributed by atoms with Crippen LogP contribution >= 0.6 is 0 Å². The summed E-state index contributed by atoms with van der Waals surface area (Å²) >= 11 is 0. The van der Waals surface area contributed by atoms with Gasteiger partial charge in [-0.05, 0) is 42.7 Å². The maximum Gasteiger partial charge on any atom is 0.255 e. The number of carbonyl (C=O) groups excluding carboxylic acids is 1. The molecule has 2 aromatic carbocycles. The first-order valence-corrected chi connectivity index (χ1v) is 9.47. The molecule has 2 rings (SSSR count). The molecule has 0 aliphatic heterocycles. The minimum atomic E-state index is -3.67. The molecule has 0 heterocycles. The number of hydrogen-bond acceptors (Lipinski definition) is 3. The fraction of sp³-hybridized carbons (Fsp3) is 0.211. The van der Waals surface area contributed by atoms with Crippen molar-refractivity contribution >= 4 is 21.6 Å². The Morgan fingerprint density at radius 2 is 1.92 bits per heavy atom. The van der Waals surface area contributed by atoms with Gasteiger partial charge in [-0.3, -0.25) is 4.79 Å². The second-order valence-electron chi connectivity index (χ2n) is 5.59. The maximum atomic E-state index is 12.6. The van der Waals surface area contributed by atoms with E-state index in [1.165, 1.54) is 18.2 Å². The Morgan fingerprint density at radius 1 is 1.20 bits per heavy atom. The predicted octanol–water partition coefficient (Wildman–Crippen LogP) is 3.27. The average Bonchev–Trinajstić information content (AvgIpc) is 2.61. The molecule has 0 saturated heterocycles. The summed E-state index contributed by atoms with van der Waals surface area (Å²) in [6, 6.07) is 11.8. The monoisotopic (exact) mass is 358 g/mol. The minimum Gasteiger partial charge on any atom is -0.321 e. The van der Waals surface area contributed by atoms with Gasteiger partial charge in [0.05, 0.1) is 4.90 Å². The lowest BCUT2D eigenvalue weighted by Gasteiger charge is -2.13. The Kier molecular flexibility index (Phi) is 6.12. The van der Waals surface area contributed by atoms with Crippen LogP contribution in [0.4, 0.5) is 5.69 Å². The first-order chi connectivity index (χ1) is 11.9. The molecule has 2 N–H and O–H groups in total. The summed E-state index contributed by atoms with van der Waals surface area (Å²) in [5.41, 5.74) is 3.05. The molecular weight excluding hydrogens is 336 g/mol. The number of rotatable bonds is 7. The second-order valence-corrected chi connectivity index (χ2v) is 7.35. The maximum absolute atomic E-state index is 12.6. The zero-order valence-electron chi connectivity index (χ0n) is 14.4. The molecule has 6 heteroatoms. The molecule has 5 nitrogen and oxygen atoms in total. The fourth-order valence-corrected chi connectivity index (χ4v) is 3.49. The van der Waals surface area contributed by atoms with Crippen LogP contribution in [-0.4, -0.2) is 20.9 Å². The lowest BCUT2D eigenvalue weighted by Crippen LogP contribution is -2.24. The molecule has 0 fully saturated rings. The number of carbonyl (C=O) groups is 1. The first-order valence-electron chi connectivity index (χ1n) is 7.99. The highest BCUT2D eigenvalue weighted by atomic mass is 32.2. The summed E-state index contributed by atoms with van der Waals surface area (Å²) < 4.78 is 26.8. The molecule has 0 radical (unpaired) electrons. The largest absolute Gasteiger partial charge is 0.321 e. The molecule has 0 aliphatic rings. The van der Waals surface area contributed by atoms with Crippen molar-refractivity contribution in [3.8, 4) is 0 Å². The molecule has 25 heavy (non-hydrogen) atoms. The van der Waals surface area contributed by atoms with Crippen LogP contribution in [0.25, 0.3) is 0 Å². The third-order valence-corrected chi connectivity index (χ3v) is 5.22. The van der Waals surface area contributed by atoms with Crippen LogP contribution in [0, 0.1) is 6.92 Å². The zero-order chi connectivity index (χ0) is 18.4. The van der Waals surface area contributed by atoms with Gasteiger partial charge in [-0.1, -0.05) is 37.3 Å². The molecule has 2 aromatic rings. The highest BCUT2D eigenvalue weighted by Crippen LogP contribution is 2.22. The molecule has 0 bridgehead atoms. The number of nitrogens with one attached hydrogen (secondary N) is 2. The van der Waals surface area contributed by atoms with E-state index in [9.17, 15) is 13.2 Å². The van der Waals surface area contributed by atoms with Crippen molar-refractivity contribution in [1.29, 1.82) is 0 Å². The third kappa shape index (κ3) is 4.55. The predicted molar refractivity (Wildman–Crippen MR) is 100 cm³/mol. The number of benzene rings is 2. The van der Waals surface area contributed by atoms with Gasteiger partial charge >= 0.3 is 0 Å². The van der Waals surface area contributed by atoms with Gasteiger partial charge in [-0.25, -0.2) is 13.1 Å². The molecular formula is C19H22N2O3S. The number of para-hydroxylation sites is 1. The van der Waals surface area contributed by atoms with Gasteiger partial charge in [0.1, 0.15) is 0 Å². The van der Waals surface area contributed by atoms with E-state index in [4.69, 9.17) is 0 Å². The SMILES string of the molecule is C=CCNS(=O)(=O)c1cccc(C(=O)Nc2c(C)cccc2CC)c1. The topological polar surface area (TPSA) is 75.3 Å². The second kappa shape index (κ2) is 8.09. The molecule has 0 unspecified atom stereocenters. The van der Waals surface area contributed by atoms with Gasteiger partial charge < -0.3 is 5.32 Å². The number of hydrogen-bond donors (Lipinski definition) is 2. The number of aryl methyl sites for hydroxylation is 2. The quantitative estimate of drug-likeness (QED) is 0.746. The summed E-state index contributed by atoms with van der Waals surface area (Å²) in [7, 11) is -3.67. The molecule has 0 aromatic heterocycles.